The largest absolute Gasteiger partial charge is 0.391 e. The number of halogens is 1. The lowest BCUT2D eigenvalue weighted by atomic mass is 9.89. The highest BCUT2D eigenvalue weighted by Gasteiger charge is 2.26. The molecule has 0 radical (unpaired) electrons. The van der Waals surface area contributed by atoms with Gasteiger partial charge in [0.1, 0.15) is 5.82 Å². The fourth-order valence-corrected chi connectivity index (χ4v) is 5.07. The first-order valence-electron chi connectivity index (χ1n) is 13.3. The van der Waals surface area contributed by atoms with E-state index in [2.05, 4.69) is 27.7 Å². The molecule has 5 nitrogen and oxygen atoms in total. The number of aliphatic hydroxyl groups is 1. The minimum atomic E-state index is -0.553. The molecule has 1 fully saturated rings. The lowest BCUT2D eigenvalue weighted by Crippen LogP contribution is -2.46. The van der Waals surface area contributed by atoms with Gasteiger partial charge < -0.3 is 20.6 Å². The summed E-state index contributed by atoms with van der Waals surface area (Å²) in [5.41, 5.74) is 3.37. The first kappa shape index (κ1) is 26.8. The van der Waals surface area contributed by atoms with Crippen molar-refractivity contribution in [1.82, 2.24) is 15.5 Å². The molecule has 0 aromatic heterocycles. The molecular formula is C31H38FN3O2. The Kier molecular flexibility index (Phi) is 10.1. The van der Waals surface area contributed by atoms with Crippen LogP contribution in [0.4, 0.5) is 9.18 Å². The van der Waals surface area contributed by atoms with Crippen LogP contribution in [0.5, 0.6) is 0 Å². The van der Waals surface area contributed by atoms with Crippen LogP contribution >= 0.6 is 0 Å². The molecule has 3 aromatic carbocycles. The van der Waals surface area contributed by atoms with Gasteiger partial charge in [0.25, 0.3) is 0 Å². The minimum absolute atomic E-state index is 0.0955. The van der Waals surface area contributed by atoms with Gasteiger partial charge in [-0.1, -0.05) is 72.8 Å². The lowest BCUT2D eigenvalue weighted by Gasteiger charge is -2.35. The summed E-state index contributed by atoms with van der Waals surface area (Å²) in [6.07, 6.45) is 3.24. The first-order chi connectivity index (χ1) is 18.0. The van der Waals surface area contributed by atoms with Gasteiger partial charge in [-0.15, -0.1) is 0 Å². The summed E-state index contributed by atoms with van der Waals surface area (Å²) in [4.78, 5) is 14.8. The summed E-state index contributed by atoms with van der Waals surface area (Å²) in [6.45, 7) is 3.33. The number of β-amino-alcohol motifs (C(OH)–C–C–N with tert-alkyl or cyclic N) is 1. The van der Waals surface area contributed by atoms with Gasteiger partial charge >= 0.3 is 6.03 Å². The second-order valence-corrected chi connectivity index (χ2v) is 10.1. The van der Waals surface area contributed by atoms with E-state index in [1.807, 2.05) is 60.7 Å². The second-order valence-electron chi connectivity index (χ2n) is 10.1. The molecule has 2 unspecified atom stereocenters. The standard InChI is InChI=1S/C31H38FN3O2/c32-29-13-11-25(12-14-29)19-26-15-17-35(18-16-26)23-30(36)28(20-24-7-3-1-4-8-24)22-34-31(37)33-21-27-9-5-2-6-10-27/h1-14,26,28,30,36H,15-23H2,(H2,33,34,37). The van der Waals surface area contributed by atoms with Crippen LogP contribution in [-0.2, 0) is 19.4 Å². The van der Waals surface area contributed by atoms with Crippen LogP contribution < -0.4 is 10.6 Å². The van der Waals surface area contributed by atoms with E-state index in [-0.39, 0.29) is 17.8 Å². The van der Waals surface area contributed by atoms with E-state index in [0.717, 1.165) is 43.5 Å². The quantitative estimate of drug-likeness (QED) is 0.352. The van der Waals surface area contributed by atoms with Crippen molar-refractivity contribution in [2.75, 3.05) is 26.2 Å². The fraction of sp³-hybridized carbons (Fsp3) is 0.387. The Balaban J connectivity index is 1.26. The van der Waals surface area contributed by atoms with Gasteiger partial charge in [-0.3, -0.25) is 0 Å². The Morgan fingerprint density at radius 1 is 0.865 bits per heavy atom. The lowest BCUT2D eigenvalue weighted by molar-refractivity contribution is 0.0501. The predicted octanol–water partition coefficient (Wildman–Crippen LogP) is 4.80. The summed E-state index contributed by atoms with van der Waals surface area (Å²) >= 11 is 0. The molecule has 2 atom stereocenters. The van der Waals surface area contributed by atoms with Gasteiger partial charge in [0.15, 0.2) is 0 Å². The average molecular weight is 504 g/mol. The van der Waals surface area contributed by atoms with Gasteiger partial charge in [0.2, 0.25) is 0 Å². The topological polar surface area (TPSA) is 64.6 Å². The van der Waals surface area contributed by atoms with Gasteiger partial charge in [-0.2, -0.15) is 0 Å². The molecule has 1 aliphatic heterocycles. The van der Waals surface area contributed by atoms with Gasteiger partial charge in [0, 0.05) is 25.6 Å². The molecule has 0 bridgehead atoms. The number of piperidine rings is 1. The van der Waals surface area contributed by atoms with E-state index in [4.69, 9.17) is 0 Å². The van der Waals surface area contributed by atoms with Crippen molar-refractivity contribution < 1.29 is 14.3 Å². The number of rotatable bonds is 11. The predicted molar refractivity (Wildman–Crippen MR) is 146 cm³/mol. The van der Waals surface area contributed by atoms with E-state index in [0.29, 0.717) is 32.0 Å². The number of likely N-dealkylation sites (tertiary alicyclic amines) is 1. The first-order valence-corrected chi connectivity index (χ1v) is 13.3. The van der Waals surface area contributed by atoms with Crippen LogP contribution in [-0.4, -0.2) is 48.3 Å². The maximum atomic E-state index is 13.2. The van der Waals surface area contributed by atoms with Crippen LogP contribution in [0, 0.1) is 17.7 Å². The SMILES string of the molecule is O=C(NCc1ccccc1)NCC(Cc1ccccc1)C(O)CN1CCC(Cc2ccc(F)cc2)CC1. The molecule has 6 heteroatoms. The second kappa shape index (κ2) is 13.9. The van der Waals surface area contributed by atoms with Crippen LogP contribution in [0.1, 0.15) is 29.5 Å². The Hall–Kier alpha value is -3.22. The third-order valence-corrected chi connectivity index (χ3v) is 7.30. The number of amides is 2. The molecule has 0 saturated carbocycles. The van der Waals surface area contributed by atoms with Crippen LogP contribution in [0.15, 0.2) is 84.9 Å². The monoisotopic (exact) mass is 503 g/mol. The number of hydrogen-bond donors (Lipinski definition) is 3. The number of nitrogens with zero attached hydrogens (tertiary/aromatic N) is 1. The fourth-order valence-electron chi connectivity index (χ4n) is 5.07. The Morgan fingerprint density at radius 3 is 2.14 bits per heavy atom. The summed E-state index contributed by atoms with van der Waals surface area (Å²) in [7, 11) is 0. The molecular weight excluding hydrogens is 465 g/mol. The molecule has 37 heavy (non-hydrogen) atoms. The van der Waals surface area contributed by atoms with Crippen molar-refractivity contribution in [1.29, 1.82) is 0 Å². The van der Waals surface area contributed by atoms with E-state index in [1.54, 1.807) is 0 Å². The van der Waals surface area contributed by atoms with Crippen molar-refractivity contribution >= 4 is 6.03 Å². The highest BCUT2D eigenvalue weighted by molar-refractivity contribution is 5.73. The van der Waals surface area contributed by atoms with Crippen LogP contribution in [0.25, 0.3) is 0 Å². The number of carbonyl (C=O) groups excluding carboxylic acids is 1. The molecule has 1 aliphatic rings. The van der Waals surface area contributed by atoms with Crippen molar-refractivity contribution in [3.63, 3.8) is 0 Å². The normalized spacial score (nSPS) is 16.2. The smallest absolute Gasteiger partial charge is 0.315 e. The summed E-state index contributed by atoms with van der Waals surface area (Å²) in [5.74, 6) is 0.288. The highest BCUT2D eigenvalue weighted by Crippen LogP contribution is 2.23. The Bertz CT molecular complexity index is 1070. The molecule has 3 aromatic rings. The highest BCUT2D eigenvalue weighted by atomic mass is 19.1. The third-order valence-electron chi connectivity index (χ3n) is 7.30. The molecule has 4 rings (SSSR count). The van der Waals surface area contributed by atoms with E-state index in [9.17, 15) is 14.3 Å². The third kappa shape index (κ3) is 8.99. The number of urea groups is 1. The molecule has 1 saturated heterocycles. The molecule has 196 valence electrons. The van der Waals surface area contributed by atoms with E-state index >= 15 is 0 Å². The number of benzene rings is 3. The van der Waals surface area contributed by atoms with E-state index < -0.39 is 6.10 Å². The van der Waals surface area contributed by atoms with Crippen molar-refractivity contribution in [2.24, 2.45) is 11.8 Å². The average Bonchev–Trinajstić information content (AvgIpc) is 2.93. The minimum Gasteiger partial charge on any atom is -0.391 e. The maximum absolute atomic E-state index is 13.2. The molecule has 1 heterocycles. The number of hydrogen-bond acceptors (Lipinski definition) is 3. The van der Waals surface area contributed by atoms with Crippen molar-refractivity contribution in [3.8, 4) is 0 Å². The molecule has 0 spiro atoms. The summed E-state index contributed by atoms with van der Waals surface area (Å²) in [6, 6.07) is 26.5. The maximum Gasteiger partial charge on any atom is 0.315 e. The van der Waals surface area contributed by atoms with E-state index in [1.165, 1.54) is 17.7 Å². The molecule has 3 N–H and O–H groups in total. The number of carbonyl (C=O) groups is 1. The Labute approximate surface area is 219 Å². The Morgan fingerprint density at radius 2 is 1.49 bits per heavy atom. The number of nitrogens with one attached hydrogen (secondary N) is 2. The van der Waals surface area contributed by atoms with Gasteiger partial charge in [-0.05, 0) is 73.5 Å². The zero-order chi connectivity index (χ0) is 25.9. The van der Waals surface area contributed by atoms with Crippen LogP contribution in [0.2, 0.25) is 0 Å². The van der Waals surface area contributed by atoms with Crippen molar-refractivity contribution in [3.05, 3.63) is 107 Å². The van der Waals surface area contributed by atoms with Gasteiger partial charge in [0.05, 0.1) is 6.10 Å². The van der Waals surface area contributed by atoms with Crippen LogP contribution in [0.3, 0.4) is 0 Å². The molecule has 2 amide bonds. The van der Waals surface area contributed by atoms with Crippen molar-refractivity contribution in [2.45, 2.75) is 38.3 Å². The molecule has 0 aliphatic carbocycles. The zero-order valence-corrected chi connectivity index (χ0v) is 21.4. The zero-order valence-electron chi connectivity index (χ0n) is 21.4. The number of aliphatic hydroxyl groups excluding tert-OH is 1. The van der Waals surface area contributed by atoms with Gasteiger partial charge in [-0.25, -0.2) is 9.18 Å². The summed E-state index contributed by atoms with van der Waals surface area (Å²) < 4.78 is 13.2. The summed E-state index contributed by atoms with van der Waals surface area (Å²) in [5, 5.41) is 17.1.